The molecule has 1 N–H and O–H groups in total. The summed E-state index contributed by atoms with van der Waals surface area (Å²) >= 11 is 0. The van der Waals surface area contributed by atoms with Crippen molar-refractivity contribution in [3.05, 3.63) is 0 Å². The van der Waals surface area contributed by atoms with E-state index in [4.69, 9.17) is 0 Å². The van der Waals surface area contributed by atoms with Gasteiger partial charge in [0.05, 0.1) is 11.5 Å². The van der Waals surface area contributed by atoms with E-state index in [2.05, 4.69) is 4.90 Å². The quantitative estimate of drug-likeness (QED) is 0.785. The normalized spacial score (nSPS) is 36.5. The molecule has 4 aliphatic rings. The van der Waals surface area contributed by atoms with Gasteiger partial charge in [0.1, 0.15) is 0 Å². The maximum absolute atomic E-state index is 13.3. The molecule has 1 spiro atoms. The molecule has 0 aromatic heterocycles. The Kier molecular flexibility index (Phi) is 4.65. The molecule has 3 saturated heterocycles. The van der Waals surface area contributed by atoms with Crippen LogP contribution in [0.2, 0.25) is 0 Å². The average Bonchev–Trinajstić information content (AvgIpc) is 3.26. The fraction of sp³-hybridized carbons (Fsp3) is 0.895. The minimum Gasteiger partial charge on any atom is -0.393 e. The SMILES string of the molecule is O=C(N1CCCC1)N1CCCC2(CCN(C3CCC(O)CC3)C2=O)C1. The second kappa shape index (κ2) is 6.78. The van der Waals surface area contributed by atoms with Crippen molar-refractivity contribution in [2.45, 2.75) is 69.9 Å². The molecule has 0 aromatic rings. The summed E-state index contributed by atoms with van der Waals surface area (Å²) in [7, 11) is 0. The van der Waals surface area contributed by atoms with Gasteiger partial charge in [0.2, 0.25) is 5.91 Å². The van der Waals surface area contributed by atoms with Crippen LogP contribution in [0.1, 0.15) is 57.8 Å². The first kappa shape index (κ1) is 17.1. The summed E-state index contributed by atoms with van der Waals surface area (Å²) in [4.78, 5) is 32.0. The van der Waals surface area contributed by atoms with Crippen LogP contribution in [0.25, 0.3) is 0 Å². The standard InChI is InChI=1S/C19H31N3O3/c23-16-6-4-15(5-7-16)22-13-9-19(17(22)24)8-3-12-21(14-19)18(25)20-10-1-2-11-20/h15-16,23H,1-14H2. The van der Waals surface area contributed by atoms with Gasteiger partial charge in [-0.3, -0.25) is 4.79 Å². The van der Waals surface area contributed by atoms with E-state index in [1.54, 1.807) is 0 Å². The van der Waals surface area contributed by atoms with Crippen LogP contribution < -0.4 is 0 Å². The summed E-state index contributed by atoms with van der Waals surface area (Å²) in [5.74, 6) is 0.271. The molecule has 0 bridgehead atoms. The third kappa shape index (κ3) is 3.14. The molecule has 4 fully saturated rings. The summed E-state index contributed by atoms with van der Waals surface area (Å²) in [6, 6.07) is 0.434. The van der Waals surface area contributed by atoms with E-state index in [-0.39, 0.29) is 23.5 Å². The first-order valence-corrected chi connectivity index (χ1v) is 10.1. The maximum atomic E-state index is 13.3. The number of likely N-dealkylation sites (tertiary alicyclic amines) is 3. The Balaban J connectivity index is 1.42. The van der Waals surface area contributed by atoms with Crippen molar-refractivity contribution >= 4 is 11.9 Å². The molecule has 25 heavy (non-hydrogen) atoms. The predicted octanol–water partition coefficient (Wildman–Crippen LogP) is 1.82. The third-order valence-electron chi connectivity index (χ3n) is 6.88. The molecule has 1 atom stereocenters. The van der Waals surface area contributed by atoms with Crippen LogP contribution in [0.15, 0.2) is 0 Å². The van der Waals surface area contributed by atoms with Gasteiger partial charge in [-0.2, -0.15) is 0 Å². The number of aliphatic hydroxyl groups is 1. The van der Waals surface area contributed by atoms with Crippen LogP contribution in [-0.4, -0.2) is 76.6 Å². The van der Waals surface area contributed by atoms with Crippen molar-refractivity contribution in [2.75, 3.05) is 32.7 Å². The number of nitrogens with zero attached hydrogens (tertiary/aromatic N) is 3. The van der Waals surface area contributed by atoms with Crippen LogP contribution in [-0.2, 0) is 4.79 Å². The zero-order chi connectivity index (χ0) is 17.4. The Bertz CT molecular complexity index is 526. The van der Waals surface area contributed by atoms with Crippen molar-refractivity contribution in [1.29, 1.82) is 0 Å². The fourth-order valence-corrected chi connectivity index (χ4v) is 5.35. The molecular weight excluding hydrogens is 318 g/mol. The number of hydrogen-bond donors (Lipinski definition) is 1. The van der Waals surface area contributed by atoms with E-state index in [9.17, 15) is 14.7 Å². The zero-order valence-corrected chi connectivity index (χ0v) is 15.2. The van der Waals surface area contributed by atoms with Gasteiger partial charge in [0, 0.05) is 38.8 Å². The second-order valence-electron chi connectivity index (χ2n) is 8.49. The molecule has 1 unspecified atom stereocenters. The minimum absolute atomic E-state index is 0.142. The number of carbonyl (C=O) groups excluding carboxylic acids is 2. The summed E-state index contributed by atoms with van der Waals surface area (Å²) in [6.07, 6.45) is 8.20. The first-order valence-electron chi connectivity index (χ1n) is 10.1. The number of piperidine rings is 1. The number of carbonyl (C=O) groups is 2. The van der Waals surface area contributed by atoms with Crippen LogP contribution in [0.3, 0.4) is 0 Å². The van der Waals surface area contributed by atoms with Gasteiger partial charge in [-0.1, -0.05) is 0 Å². The van der Waals surface area contributed by atoms with Crippen molar-refractivity contribution in [3.8, 4) is 0 Å². The maximum Gasteiger partial charge on any atom is 0.320 e. The van der Waals surface area contributed by atoms with Gasteiger partial charge < -0.3 is 19.8 Å². The molecule has 3 heterocycles. The molecule has 1 saturated carbocycles. The average molecular weight is 349 g/mol. The molecule has 0 aromatic carbocycles. The molecule has 140 valence electrons. The highest BCUT2D eigenvalue weighted by atomic mass is 16.3. The third-order valence-corrected chi connectivity index (χ3v) is 6.88. The lowest BCUT2D eigenvalue weighted by Crippen LogP contribution is -2.53. The van der Waals surface area contributed by atoms with Crippen LogP contribution in [0.5, 0.6) is 0 Å². The Morgan fingerprint density at radius 3 is 2.32 bits per heavy atom. The van der Waals surface area contributed by atoms with Crippen molar-refractivity contribution < 1.29 is 14.7 Å². The highest BCUT2D eigenvalue weighted by Gasteiger charge is 2.51. The number of rotatable bonds is 1. The van der Waals surface area contributed by atoms with Crippen molar-refractivity contribution in [2.24, 2.45) is 5.41 Å². The van der Waals surface area contributed by atoms with E-state index in [1.165, 1.54) is 0 Å². The summed E-state index contributed by atoms with van der Waals surface area (Å²) in [6.45, 7) is 3.96. The fourth-order valence-electron chi connectivity index (χ4n) is 5.35. The van der Waals surface area contributed by atoms with E-state index in [1.807, 2.05) is 9.80 Å². The van der Waals surface area contributed by atoms with E-state index >= 15 is 0 Å². The monoisotopic (exact) mass is 349 g/mol. The molecule has 4 rings (SSSR count). The van der Waals surface area contributed by atoms with Gasteiger partial charge in [-0.25, -0.2) is 4.79 Å². The molecule has 0 radical (unpaired) electrons. The second-order valence-corrected chi connectivity index (χ2v) is 8.49. The topological polar surface area (TPSA) is 64.1 Å². The highest BCUT2D eigenvalue weighted by molar-refractivity contribution is 5.86. The lowest BCUT2D eigenvalue weighted by atomic mass is 9.78. The summed E-state index contributed by atoms with van der Waals surface area (Å²) in [5.41, 5.74) is -0.344. The Morgan fingerprint density at radius 1 is 0.920 bits per heavy atom. The van der Waals surface area contributed by atoms with Gasteiger partial charge in [-0.15, -0.1) is 0 Å². The van der Waals surface area contributed by atoms with Gasteiger partial charge in [0.25, 0.3) is 0 Å². The zero-order valence-electron chi connectivity index (χ0n) is 15.2. The van der Waals surface area contributed by atoms with Gasteiger partial charge in [-0.05, 0) is 57.8 Å². The first-order chi connectivity index (χ1) is 12.1. The molecule has 6 heteroatoms. The highest BCUT2D eigenvalue weighted by Crippen LogP contribution is 2.42. The Hall–Kier alpha value is -1.30. The lowest BCUT2D eigenvalue weighted by molar-refractivity contribution is -0.141. The number of amides is 3. The van der Waals surface area contributed by atoms with Crippen LogP contribution >= 0.6 is 0 Å². The van der Waals surface area contributed by atoms with Gasteiger partial charge in [0.15, 0.2) is 0 Å². The molecule has 1 aliphatic carbocycles. The minimum atomic E-state index is -0.344. The van der Waals surface area contributed by atoms with Crippen LogP contribution in [0, 0.1) is 5.41 Å². The smallest absolute Gasteiger partial charge is 0.320 e. The summed E-state index contributed by atoms with van der Waals surface area (Å²) in [5, 5.41) is 9.73. The number of aliphatic hydroxyl groups excluding tert-OH is 1. The lowest BCUT2D eigenvalue weighted by Gasteiger charge is -2.41. The van der Waals surface area contributed by atoms with E-state index in [0.29, 0.717) is 12.6 Å². The van der Waals surface area contributed by atoms with Gasteiger partial charge >= 0.3 is 6.03 Å². The predicted molar refractivity (Wildman–Crippen MR) is 94.0 cm³/mol. The van der Waals surface area contributed by atoms with Crippen LogP contribution in [0.4, 0.5) is 4.79 Å². The number of urea groups is 1. The molecular formula is C19H31N3O3. The Morgan fingerprint density at radius 2 is 1.60 bits per heavy atom. The van der Waals surface area contributed by atoms with E-state index < -0.39 is 0 Å². The van der Waals surface area contributed by atoms with E-state index in [0.717, 1.165) is 84.0 Å². The van der Waals surface area contributed by atoms with Crippen molar-refractivity contribution in [1.82, 2.24) is 14.7 Å². The molecule has 3 amide bonds. The Labute approximate surface area is 150 Å². The number of hydrogen-bond acceptors (Lipinski definition) is 3. The van der Waals surface area contributed by atoms with Crippen molar-refractivity contribution in [3.63, 3.8) is 0 Å². The summed E-state index contributed by atoms with van der Waals surface area (Å²) < 4.78 is 0. The largest absolute Gasteiger partial charge is 0.393 e. The molecule has 3 aliphatic heterocycles. The molecule has 6 nitrogen and oxygen atoms in total.